The van der Waals surface area contributed by atoms with E-state index in [0.717, 1.165) is 16.9 Å². The fourth-order valence-corrected chi connectivity index (χ4v) is 2.31. The van der Waals surface area contributed by atoms with Gasteiger partial charge in [-0.15, -0.1) is 0 Å². The molecule has 3 rings (SSSR count). The number of amides is 1. The van der Waals surface area contributed by atoms with Gasteiger partial charge in [-0.1, -0.05) is 35.9 Å². The lowest BCUT2D eigenvalue weighted by Gasteiger charge is -1.99. The van der Waals surface area contributed by atoms with Gasteiger partial charge in [0.2, 0.25) is 0 Å². The highest BCUT2D eigenvalue weighted by molar-refractivity contribution is 6.33. The van der Waals surface area contributed by atoms with Crippen molar-refractivity contribution in [1.29, 1.82) is 0 Å². The number of benzene rings is 1. The quantitative estimate of drug-likeness (QED) is 0.597. The largest absolute Gasteiger partial charge is 0.304 e. The Morgan fingerprint density at radius 3 is 2.82 bits per heavy atom. The van der Waals surface area contributed by atoms with E-state index in [1.54, 1.807) is 6.07 Å². The summed E-state index contributed by atoms with van der Waals surface area (Å²) < 4.78 is 1.85. The maximum atomic E-state index is 12.2. The summed E-state index contributed by atoms with van der Waals surface area (Å²) >= 11 is 6.02. The number of rotatable bonds is 3. The van der Waals surface area contributed by atoms with Crippen LogP contribution in [0.4, 0.5) is 0 Å². The monoisotopic (exact) mass is 312 g/mol. The van der Waals surface area contributed by atoms with E-state index in [-0.39, 0.29) is 5.91 Å². The van der Waals surface area contributed by atoms with Crippen molar-refractivity contribution < 1.29 is 4.79 Å². The summed E-state index contributed by atoms with van der Waals surface area (Å²) in [5.74, 6) is -0.357. The van der Waals surface area contributed by atoms with Crippen LogP contribution in [0.15, 0.2) is 53.8 Å². The minimum atomic E-state index is -0.357. The zero-order chi connectivity index (χ0) is 15.5. The smallest absolute Gasteiger partial charge is 0.291 e. The minimum absolute atomic E-state index is 0.350. The van der Waals surface area contributed by atoms with Gasteiger partial charge in [0.1, 0.15) is 5.65 Å². The van der Waals surface area contributed by atoms with Gasteiger partial charge in [0.15, 0.2) is 5.69 Å². The highest BCUT2D eigenvalue weighted by atomic mass is 35.5. The van der Waals surface area contributed by atoms with Gasteiger partial charge in [-0.3, -0.25) is 4.79 Å². The second kappa shape index (κ2) is 5.99. The number of imidazole rings is 1. The second-order valence-corrected chi connectivity index (χ2v) is 5.10. The predicted molar refractivity (Wildman–Crippen MR) is 86.4 cm³/mol. The van der Waals surface area contributed by atoms with Crippen LogP contribution < -0.4 is 5.43 Å². The number of nitrogens with zero attached hydrogens (tertiary/aromatic N) is 3. The van der Waals surface area contributed by atoms with Crippen molar-refractivity contribution in [2.24, 2.45) is 5.10 Å². The van der Waals surface area contributed by atoms with Crippen LogP contribution in [0.25, 0.3) is 5.65 Å². The average Bonchev–Trinajstić information content (AvgIpc) is 2.87. The zero-order valence-corrected chi connectivity index (χ0v) is 12.6. The molecular formula is C16H13ClN4O. The van der Waals surface area contributed by atoms with Crippen LogP contribution in [0.1, 0.15) is 21.7 Å². The molecule has 0 radical (unpaired) electrons. The standard InChI is InChI=1S/C16H13ClN4O/c1-11-15(19-14-8-4-5-9-21(11)14)16(22)20-18-10-12-6-2-3-7-13(12)17/h2-10H,1H3,(H,20,22)/b18-10-. The van der Waals surface area contributed by atoms with Crippen LogP contribution in [0, 0.1) is 6.92 Å². The molecule has 0 saturated carbocycles. The summed E-state index contributed by atoms with van der Waals surface area (Å²) in [6.07, 6.45) is 3.37. The molecule has 1 N–H and O–H groups in total. The number of carbonyl (C=O) groups is 1. The van der Waals surface area contributed by atoms with Gasteiger partial charge in [0.25, 0.3) is 5.91 Å². The van der Waals surface area contributed by atoms with E-state index in [2.05, 4.69) is 15.5 Å². The third-order valence-corrected chi connectivity index (χ3v) is 3.60. The van der Waals surface area contributed by atoms with E-state index >= 15 is 0 Å². The molecule has 2 aromatic heterocycles. The molecule has 0 saturated heterocycles. The molecule has 0 aliphatic rings. The molecular weight excluding hydrogens is 300 g/mol. The Labute approximate surface area is 132 Å². The highest BCUT2D eigenvalue weighted by Crippen LogP contribution is 2.13. The van der Waals surface area contributed by atoms with E-state index < -0.39 is 0 Å². The van der Waals surface area contributed by atoms with Crippen molar-refractivity contribution in [3.8, 4) is 0 Å². The van der Waals surface area contributed by atoms with Gasteiger partial charge in [-0.05, 0) is 25.1 Å². The highest BCUT2D eigenvalue weighted by Gasteiger charge is 2.14. The lowest BCUT2D eigenvalue weighted by molar-refractivity contribution is 0.0950. The first-order chi connectivity index (χ1) is 10.7. The number of aromatic nitrogens is 2. The molecule has 1 amide bonds. The maximum absolute atomic E-state index is 12.2. The summed E-state index contributed by atoms with van der Waals surface area (Å²) in [5.41, 5.74) is 5.04. The molecule has 0 atom stereocenters. The van der Waals surface area contributed by atoms with E-state index in [4.69, 9.17) is 11.6 Å². The Morgan fingerprint density at radius 2 is 2.05 bits per heavy atom. The lowest BCUT2D eigenvalue weighted by Crippen LogP contribution is -2.19. The van der Waals surface area contributed by atoms with Crippen LogP contribution in [-0.4, -0.2) is 21.5 Å². The Balaban J connectivity index is 1.79. The second-order valence-electron chi connectivity index (χ2n) is 4.70. The van der Waals surface area contributed by atoms with Gasteiger partial charge < -0.3 is 4.40 Å². The molecule has 5 nitrogen and oxygen atoms in total. The number of fused-ring (bicyclic) bond motifs is 1. The maximum Gasteiger partial charge on any atom is 0.291 e. The summed E-state index contributed by atoms with van der Waals surface area (Å²) in [5, 5.41) is 4.51. The topological polar surface area (TPSA) is 58.8 Å². The minimum Gasteiger partial charge on any atom is -0.304 e. The van der Waals surface area contributed by atoms with Crippen molar-refractivity contribution in [3.05, 3.63) is 70.6 Å². The fraction of sp³-hybridized carbons (Fsp3) is 0.0625. The van der Waals surface area contributed by atoms with Gasteiger partial charge in [0.05, 0.1) is 11.9 Å². The van der Waals surface area contributed by atoms with Gasteiger partial charge in [-0.25, -0.2) is 10.4 Å². The Kier molecular flexibility index (Phi) is 3.89. The third kappa shape index (κ3) is 2.71. The van der Waals surface area contributed by atoms with Gasteiger partial charge in [0, 0.05) is 16.8 Å². The van der Waals surface area contributed by atoms with Crippen molar-refractivity contribution >= 4 is 29.4 Å². The molecule has 2 heterocycles. The van der Waals surface area contributed by atoms with Crippen LogP contribution in [0.2, 0.25) is 5.02 Å². The van der Waals surface area contributed by atoms with Gasteiger partial charge in [-0.2, -0.15) is 5.10 Å². The number of hydrogen-bond acceptors (Lipinski definition) is 3. The Morgan fingerprint density at radius 1 is 1.27 bits per heavy atom. The van der Waals surface area contributed by atoms with E-state index in [1.807, 2.05) is 53.9 Å². The number of carbonyl (C=O) groups excluding carboxylic acids is 1. The number of halogens is 1. The van der Waals surface area contributed by atoms with Crippen LogP contribution in [0.5, 0.6) is 0 Å². The fourth-order valence-electron chi connectivity index (χ4n) is 2.13. The zero-order valence-electron chi connectivity index (χ0n) is 11.8. The van der Waals surface area contributed by atoms with Crippen LogP contribution in [-0.2, 0) is 0 Å². The number of hydrogen-bond donors (Lipinski definition) is 1. The molecule has 6 heteroatoms. The molecule has 0 aliphatic heterocycles. The molecule has 0 bridgehead atoms. The normalized spacial score (nSPS) is 11.2. The van der Waals surface area contributed by atoms with E-state index in [0.29, 0.717) is 10.7 Å². The van der Waals surface area contributed by atoms with Crippen molar-refractivity contribution in [3.63, 3.8) is 0 Å². The first-order valence-corrected chi connectivity index (χ1v) is 7.06. The SMILES string of the molecule is Cc1c(C(=O)N/N=C\c2ccccc2Cl)nc2ccccn12. The Hall–Kier alpha value is -2.66. The van der Waals surface area contributed by atoms with E-state index in [1.165, 1.54) is 6.21 Å². The first-order valence-electron chi connectivity index (χ1n) is 6.68. The van der Waals surface area contributed by atoms with Crippen molar-refractivity contribution in [2.75, 3.05) is 0 Å². The summed E-state index contributed by atoms with van der Waals surface area (Å²) in [7, 11) is 0. The molecule has 1 aromatic carbocycles. The van der Waals surface area contributed by atoms with Gasteiger partial charge >= 0.3 is 0 Å². The van der Waals surface area contributed by atoms with E-state index in [9.17, 15) is 4.79 Å². The summed E-state index contributed by atoms with van der Waals surface area (Å²) in [6.45, 7) is 1.84. The average molecular weight is 313 g/mol. The lowest BCUT2D eigenvalue weighted by atomic mass is 10.2. The summed E-state index contributed by atoms with van der Waals surface area (Å²) in [4.78, 5) is 16.5. The molecule has 3 aromatic rings. The number of pyridine rings is 1. The molecule has 0 unspecified atom stereocenters. The number of nitrogens with one attached hydrogen (secondary N) is 1. The van der Waals surface area contributed by atoms with Crippen molar-refractivity contribution in [1.82, 2.24) is 14.8 Å². The van der Waals surface area contributed by atoms with Crippen molar-refractivity contribution in [2.45, 2.75) is 6.92 Å². The summed E-state index contributed by atoms with van der Waals surface area (Å²) in [6, 6.07) is 12.9. The van der Waals surface area contributed by atoms with Crippen LogP contribution >= 0.6 is 11.6 Å². The molecule has 0 fully saturated rings. The number of aryl methyl sites for hydroxylation is 1. The number of hydrazone groups is 1. The molecule has 22 heavy (non-hydrogen) atoms. The third-order valence-electron chi connectivity index (χ3n) is 3.26. The molecule has 0 aliphatic carbocycles. The predicted octanol–water partition coefficient (Wildman–Crippen LogP) is 3.06. The molecule has 0 spiro atoms. The van der Waals surface area contributed by atoms with Crippen LogP contribution in [0.3, 0.4) is 0 Å². The first kappa shape index (κ1) is 14.3. The molecule has 110 valence electrons. The Bertz CT molecular complexity index is 869.